The highest BCUT2D eigenvalue weighted by Crippen LogP contribution is 2.22. The van der Waals surface area contributed by atoms with Gasteiger partial charge in [-0.25, -0.2) is 4.98 Å². The molecule has 0 aliphatic rings. The van der Waals surface area contributed by atoms with Gasteiger partial charge in [0.1, 0.15) is 23.3 Å². The van der Waals surface area contributed by atoms with Gasteiger partial charge < -0.3 is 9.84 Å². The summed E-state index contributed by atoms with van der Waals surface area (Å²) in [4.78, 5) is 17.2. The van der Waals surface area contributed by atoms with Crippen LogP contribution in [0, 0.1) is 13.8 Å². The van der Waals surface area contributed by atoms with E-state index in [0.29, 0.717) is 10.2 Å². The standard InChI is InChI=1S/C17H18N2O3S/c1-11-4-3-5-12(2)15(11)22-9-13(20)8-19-10-18-16-14(17(19)21)6-7-23-16/h3-7,10,13,20H,8-9H2,1-2H3/t13-/m1/s1. The van der Waals surface area contributed by atoms with E-state index in [0.717, 1.165) is 16.9 Å². The van der Waals surface area contributed by atoms with Crippen molar-refractivity contribution in [1.82, 2.24) is 9.55 Å². The van der Waals surface area contributed by atoms with Gasteiger partial charge in [-0.1, -0.05) is 18.2 Å². The average molecular weight is 330 g/mol. The molecule has 0 saturated heterocycles. The van der Waals surface area contributed by atoms with Crippen molar-refractivity contribution in [2.75, 3.05) is 6.61 Å². The third kappa shape index (κ3) is 3.28. The fourth-order valence-electron chi connectivity index (χ4n) is 2.51. The molecule has 0 fully saturated rings. The molecule has 1 N–H and O–H groups in total. The second-order valence-electron chi connectivity index (χ2n) is 5.53. The molecule has 0 spiro atoms. The lowest BCUT2D eigenvalue weighted by Gasteiger charge is -2.16. The van der Waals surface area contributed by atoms with Crippen LogP contribution in [0.25, 0.3) is 10.2 Å². The SMILES string of the molecule is Cc1cccc(C)c1OC[C@H](O)Cn1cnc2sccc2c1=O. The minimum atomic E-state index is -0.787. The normalized spacial score (nSPS) is 12.5. The van der Waals surface area contributed by atoms with Crippen molar-refractivity contribution in [3.63, 3.8) is 0 Å². The van der Waals surface area contributed by atoms with Crippen molar-refractivity contribution in [1.29, 1.82) is 0 Å². The number of hydrogen-bond donors (Lipinski definition) is 1. The largest absolute Gasteiger partial charge is 0.490 e. The Labute approximate surface area is 137 Å². The summed E-state index contributed by atoms with van der Waals surface area (Å²) in [7, 11) is 0. The Bertz CT molecular complexity index is 865. The van der Waals surface area contributed by atoms with Crippen LogP contribution in [0.1, 0.15) is 11.1 Å². The van der Waals surface area contributed by atoms with Crippen LogP contribution in [0.15, 0.2) is 40.8 Å². The zero-order valence-corrected chi connectivity index (χ0v) is 13.8. The Morgan fingerprint density at radius 1 is 1.30 bits per heavy atom. The van der Waals surface area contributed by atoms with Gasteiger partial charge in [0.05, 0.1) is 18.3 Å². The molecule has 120 valence electrons. The molecule has 2 heterocycles. The van der Waals surface area contributed by atoms with Crippen molar-refractivity contribution in [2.45, 2.75) is 26.5 Å². The first kappa shape index (κ1) is 15.7. The number of aliphatic hydroxyl groups excluding tert-OH is 1. The first-order valence-electron chi connectivity index (χ1n) is 7.36. The van der Waals surface area contributed by atoms with Gasteiger partial charge in [0.25, 0.3) is 5.56 Å². The summed E-state index contributed by atoms with van der Waals surface area (Å²) in [5, 5.41) is 12.6. The summed E-state index contributed by atoms with van der Waals surface area (Å²) >= 11 is 1.43. The van der Waals surface area contributed by atoms with E-state index in [1.807, 2.05) is 37.4 Å². The molecule has 0 amide bonds. The minimum absolute atomic E-state index is 0.125. The molecule has 0 unspecified atom stereocenters. The first-order valence-corrected chi connectivity index (χ1v) is 8.24. The summed E-state index contributed by atoms with van der Waals surface area (Å²) in [5.41, 5.74) is 1.91. The van der Waals surface area contributed by atoms with Crippen LogP contribution < -0.4 is 10.3 Å². The lowest BCUT2D eigenvalue weighted by molar-refractivity contribution is 0.0908. The van der Waals surface area contributed by atoms with Crippen LogP contribution in [-0.4, -0.2) is 27.4 Å². The fraction of sp³-hybridized carbons (Fsp3) is 0.294. The summed E-state index contributed by atoms with van der Waals surface area (Å²) in [6, 6.07) is 7.65. The number of benzene rings is 1. The maximum atomic E-state index is 12.3. The van der Waals surface area contributed by atoms with Gasteiger partial charge in [-0.2, -0.15) is 0 Å². The molecule has 1 aromatic carbocycles. The van der Waals surface area contributed by atoms with Crippen LogP contribution in [0.4, 0.5) is 0 Å². The Balaban J connectivity index is 1.70. The third-order valence-electron chi connectivity index (χ3n) is 3.69. The number of aliphatic hydroxyl groups is 1. The Morgan fingerprint density at radius 3 is 2.78 bits per heavy atom. The summed E-state index contributed by atoms with van der Waals surface area (Å²) < 4.78 is 7.15. The van der Waals surface area contributed by atoms with Gasteiger partial charge >= 0.3 is 0 Å². The topological polar surface area (TPSA) is 64.3 Å². The van der Waals surface area contributed by atoms with E-state index >= 15 is 0 Å². The molecule has 3 rings (SSSR count). The molecule has 2 aromatic heterocycles. The van der Waals surface area contributed by atoms with E-state index in [1.54, 1.807) is 6.07 Å². The smallest absolute Gasteiger partial charge is 0.262 e. The van der Waals surface area contributed by atoms with E-state index in [2.05, 4.69) is 4.98 Å². The van der Waals surface area contributed by atoms with Gasteiger partial charge in [0.15, 0.2) is 0 Å². The highest BCUT2D eigenvalue weighted by Gasteiger charge is 2.12. The maximum absolute atomic E-state index is 12.3. The molecule has 0 bridgehead atoms. The number of para-hydroxylation sites is 1. The van der Waals surface area contributed by atoms with Crippen molar-refractivity contribution >= 4 is 21.6 Å². The number of aromatic nitrogens is 2. The molecule has 0 saturated carbocycles. The first-order chi connectivity index (χ1) is 11.1. The van der Waals surface area contributed by atoms with E-state index in [1.165, 1.54) is 22.2 Å². The predicted molar refractivity (Wildman–Crippen MR) is 91.3 cm³/mol. The number of nitrogens with zero attached hydrogens (tertiary/aromatic N) is 2. The molecule has 5 nitrogen and oxygen atoms in total. The van der Waals surface area contributed by atoms with Crippen molar-refractivity contribution in [3.05, 3.63) is 57.5 Å². The molecule has 1 atom stereocenters. The van der Waals surface area contributed by atoms with Gasteiger partial charge in [-0.05, 0) is 36.4 Å². The van der Waals surface area contributed by atoms with Gasteiger partial charge in [-0.15, -0.1) is 11.3 Å². The van der Waals surface area contributed by atoms with Gasteiger partial charge in [-0.3, -0.25) is 9.36 Å². The summed E-state index contributed by atoms with van der Waals surface area (Å²) in [6.07, 6.45) is 0.688. The van der Waals surface area contributed by atoms with Crippen molar-refractivity contribution in [3.8, 4) is 5.75 Å². The van der Waals surface area contributed by atoms with Gasteiger partial charge in [0.2, 0.25) is 0 Å². The molecule has 3 aromatic rings. The van der Waals surface area contributed by atoms with Crippen LogP contribution in [0.5, 0.6) is 5.75 Å². The zero-order chi connectivity index (χ0) is 16.4. The minimum Gasteiger partial charge on any atom is -0.490 e. The predicted octanol–water partition coefficient (Wildman–Crippen LogP) is 2.51. The zero-order valence-electron chi connectivity index (χ0n) is 13.0. The van der Waals surface area contributed by atoms with E-state index in [-0.39, 0.29) is 18.7 Å². The lowest BCUT2D eigenvalue weighted by Crippen LogP contribution is -2.30. The van der Waals surface area contributed by atoms with E-state index in [9.17, 15) is 9.90 Å². The van der Waals surface area contributed by atoms with Crippen LogP contribution in [0.2, 0.25) is 0 Å². The maximum Gasteiger partial charge on any atom is 0.262 e. The highest BCUT2D eigenvalue weighted by atomic mass is 32.1. The number of thiophene rings is 1. The van der Waals surface area contributed by atoms with Gasteiger partial charge in [0, 0.05) is 0 Å². The second kappa shape index (κ2) is 6.52. The van der Waals surface area contributed by atoms with Crippen LogP contribution >= 0.6 is 11.3 Å². The van der Waals surface area contributed by atoms with E-state index in [4.69, 9.17) is 4.74 Å². The number of aryl methyl sites for hydroxylation is 2. The van der Waals surface area contributed by atoms with Crippen LogP contribution in [0.3, 0.4) is 0 Å². The molecular weight excluding hydrogens is 312 g/mol. The Hall–Kier alpha value is -2.18. The second-order valence-corrected chi connectivity index (χ2v) is 6.42. The quantitative estimate of drug-likeness (QED) is 0.781. The number of hydrogen-bond acceptors (Lipinski definition) is 5. The molecular formula is C17H18N2O3S. The highest BCUT2D eigenvalue weighted by molar-refractivity contribution is 7.16. The average Bonchev–Trinajstić information content (AvgIpc) is 2.99. The van der Waals surface area contributed by atoms with Crippen LogP contribution in [-0.2, 0) is 6.54 Å². The van der Waals surface area contributed by atoms with E-state index < -0.39 is 6.10 Å². The Kier molecular flexibility index (Phi) is 4.45. The molecule has 0 radical (unpaired) electrons. The molecule has 0 aliphatic heterocycles. The fourth-order valence-corrected chi connectivity index (χ4v) is 3.23. The summed E-state index contributed by atoms with van der Waals surface area (Å²) in [6.45, 7) is 4.21. The van der Waals surface area contributed by atoms with Crippen molar-refractivity contribution in [2.24, 2.45) is 0 Å². The number of rotatable bonds is 5. The molecule has 0 aliphatic carbocycles. The number of ether oxygens (including phenoxy) is 1. The Morgan fingerprint density at radius 2 is 2.04 bits per heavy atom. The number of fused-ring (bicyclic) bond motifs is 1. The molecule has 23 heavy (non-hydrogen) atoms. The lowest BCUT2D eigenvalue weighted by atomic mass is 10.1. The third-order valence-corrected chi connectivity index (χ3v) is 4.51. The monoisotopic (exact) mass is 330 g/mol. The summed E-state index contributed by atoms with van der Waals surface area (Å²) in [5.74, 6) is 0.783. The molecule has 6 heteroatoms. The van der Waals surface area contributed by atoms with Crippen molar-refractivity contribution < 1.29 is 9.84 Å².